The van der Waals surface area contributed by atoms with Crippen LogP contribution in [0.2, 0.25) is 0 Å². The number of nitrogens with zero attached hydrogens (tertiary/aromatic N) is 2. The largest absolute Gasteiger partial charge is 0.475 e. The van der Waals surface area contributed by atoms with Gasteiger partial charge in [0, 0.05) is 12.3 Å². The Morgan fingerprint density at radius 1 is 1.58 bits per heavy atom. The number of nitriles is 1. The molecule has 0 aliphatic heterocycles. The lowest BCUT2D eigenvalue weighted by molar-refractivity contribution is 0.196. The van der Waals surface area contributed by atoms with Crippen LogP contribution in [0.15, 0.2) is 18.3 Å². The summed E-state index contributed by atoms with van der Waals surface area (Å²) in [4.78, 5) is 3.83. The van der Waals surface area contributed by atoms with E-state index in [4.69, 9.17) is 15.1 Å². The van der Waals surface area contributed by atoms with Crippen molar-refractivity contribution in [1.82, 2.24) is 4.98 Å². The Balaban J connectivity index is 2.60. The first kappa shape index (κ1) is 8.50. The Morgan fingerprint density at radius 2 is 2.42 bits per heavy atom. The molecule has 0 fully saturated rings. The van der Waals surface area contributed by atoms with Crippen LogP contribution in [0.1, 0.15) is 5.56 Å². The van der Waals surface area contributed by atoms with Crippen molar-refractivity contribution in [3.05, 3.63) is 23.9 Å². The zero-order valence-electron chi connectivity index (χ0n) is 6.40. The van der Waals surface area contributed by atoms with Gasteiger partial charge in [-0.2, -0.15) is 5.26 Å². The smallest absolute Gasteiger partial charge is 0.213 e. The number of hydrogen-bond donors (Lipinski definition) is 1. The predicted molar refractivity (Wildman–Crippen MR) is 41.5 cm³/mol. The third-order valence-corrected chi connectivity index (χ3v) is 1.21. The fourth-order valence-electron chi connectivity index (χ4n) is 0.682. The molecule has 1 N–H and O–H groups in total. The van der Waals surface area contributed by atoms with Crippen LogP contribution in [0.5, 0.6) is 5.88 Å². The van der Waals surface area contributed by atoms with Crippen molar-refractivity contribution in [1.29, 1.82) is 5.26 Å². The lowest BCUT2D eigenvalue weighted by Gasteiger charge is -2.00. The summed E-state index contributed by atoms with van der Waals surface area (Å²) < 4.78 is 4.98. The second kappa shape index (κ2) is 4.31. The first-order chi connectivity index (χ1) is 5.86. The third-order valence-electron chi connectivity index (χ3n) is 1.21. The normalized spacial score (nSPS) is 9.00. The Hall–Kier alpha value is -1.60. The quantitative estimate of drug-likeness (QED) is 0.698. The van der Waals surface area contributed by atoms with Gasteiger partial charge < -0.3 is 9.84 Å². The van der Waals surface area contributed by atoms with Crippen LogP contribution in [-0.4, -0.2) is 23.3 Å². The van der Waals surface area contributed by atoms with Crippen molar-refractivity contribution in [3.8, 4) is 11.9 Å². The minimum Gasteiger partial charge on any atom is -0.475 e. The molecule has 0 saturated carbocycles. The SMILES string of the molecule is N#Cc1ccc(OCCO)nc1. The number of pyridine rings is 1. The summed E-state index contributed by atoms with van der Waals surface area (Å²) in [7, 11) is 0. The van der Waals surface area contributed by atoms with Gasteiger partial charge in [-0.3, -0.25) is 0 Å². The molecule has 1 heterocycles. The maximum atomic E-state index is 8.43. The molecule has 0 unspecified atom stereocenters. The summed E-state index contributed by atoms with van der Waals surface area (Å²) in [6.45, 7) is 0.181. The molecular weight excluding hydrogens is 156 g/mol. The minimum atomic E-state index is -0.0400. The zero-order valence-corrected chi connectivity index (χ0v) is 6.40. The molecular formula is C8H8N2O2. The van der Waals surface area contributed by atoms with Crippen LogP contribution in [0, 0.1) is 11.3 Å². The third kappa shape index (κ3) is 2.22. The van der Waals surface area contributed by atoms with E-state index in [-0.39, 0.29) is 13.2 Å². The topological polar surface area (TPSA) is 66.1 Å². The van der Waals surface area contributed by atoms with Crippen molar-refractivity contribution in [2.45, 2.75) is 0 Å². The van der Waals surface area contributed by atoms with Gasteiger partial charge in [0.15, 0.2) is 0 Å². The first-order valence-corrected chi connectivity index (χ1v) is 3.46. The minimum absolute atomic E-state index is 0.0400. The molecule has 4 nitrogen and oxygen atoms in total. The van der Waals surface area contributed by atoms with Gasteiger partial charge in [-0.05, 0) is 6.07 Å². The highest BCUT2D eigenvalue weighted by Crippen LogP contribution is 2.05. The number of ether oxygens (including phenoxy) is 1. The van der Waals surface area contributed by atoms with E-state index in [1.807, 2.05) is 6.07 Å². The summed E-state index contributed by atoms with van der Waals surface area (Å²) >= 11 is 0. The Bertz CT molecular complexity index is 276. The average Bonchev–Trinajstić information content (AvgIpc) is 2.15. The van der Waals surface area contributed by atoms with Gasteiger partial charge >= 0.3 is 0 Å². The number of rotatable bonds is 3. The molecule has 0 atom stereocenters. The van der Waals surface area contributed by atoms with Crippen molar-refractivity contribution in [3.63, 3.8) is 0 Å². The monoisotopic (exact) mass is 164 g/mol. The molecule has 0 bridgehead atoms. The molecule has 62 valence electrons. The molecule has 0 saturated heterocycles. The van der Waals surface area contributed by atoms with E-state index in [1.165, 1.54) is 6.20 Å². The van der Waals surface area contributed by atoms with Crippen molar-refractivity contribution < 1.29 is 9.84 Å². The van der Waals surface area contributed by atoms with Crippen molar-refractivity contribution >= 4 is 0 Å². The average molecular weight is 164 g/mol. The van der Waals surface area contributed by atoms with E-state index in [0.717, 1.165) is 0 Å². The standard InChI is InChI=1S/C8H8N2O2/c9-5-7-1-2-8(10-6-7)12-4-3-11/h1-2,6,11H,3-4H2. The maximum Gasteiger partial charge on any atom is 0.213 e. The number of hydrogen-bond acceptors (Lipinski definition) is 4. The molecule has 0 amide bonds. The Labute approximate surface area is 70.0 Å². The summed E-state index contributed by atoms with van der Waals surface area (Å²) in [6, 6.07) is 5.15. The fourth-order valence-corrected chi connectivity index (χ4v) is 0.682. The molecule has 1 aromatic heterocycles. The van der Waals surface area contributed by atoms with Gasteiger partial charge in [-0.1, -0.05) is 0 Å². The van der Waals surface area contributed by atoms with E-state index in [1.54, 1.807) is 12.1 Å². The highest BCUT2D eigenvalue weighted by molar-refractivity contribution is 5.28. The summed E-state index contributed by atoms with van der Waals surface area (Å²) in [5.74, 6) is 0.419. The molecule has 0 aliphatic rings. The molecule has 12 heavy (non-hydrogen) atoms. The zero-order chi connectivity index (χ0) is 8.81. The molecule has 0 aliphatic carbocycles. The number of aromatic nitrogens is 1. The van der Waals surface area contributed by atoms with E-state index in [2.05, 4.69) is 4.98 Å². The molecule has 0 radical (unpaired) electrons. The van der Waals surface area contributed by atoms with Gasteiger partial charge in [0.2, 0.25) is 5.88 Å². The van der Waals surface area contributed by atoms with Crippen LogP contribution in [-0.2, 0) is 0 Å². The summed E-state index contributed by atoms with van der Waals surface area (Å²) in [5.41, 5.74) is 0.492. The van der Waals surface area contributed by atoms with Gasteiger partial charge in [-0.25, -0.2) is 4.98 Å². The van der Waals surface area contributed by atoms with E-state index in [0.29, 0.717) is 11.4 Å². The van der Waals surface area contributed by atoms with Gasteiger partial charge in [0.25, 0.3) is 0 Å². The number of aliphatic hydroxyl groups is 1. The molecule has 0 spiro atoms. The molecule has 1 aromatic rings. The molecule has 4 heteroatoms. The van der Waals surface area contributed by atoms with E-state index >= 15 is 0 Å². The van der Waals surface area contributed by atoms with Gasteiger partial charge in [0.1, 0.15) is 12.7 Å². The Kier molecular flexibility index (Phi) is 3.05. The number of aliphatic hydroxyl groups excluding tert-OH is 1. The lowest BCUT2D eigenvalue weighted by Crippen LogP contribution is -2.02. The summed E-state index contributed by atoms with van der Waals surface area (Å²) in [6.07, 6.45) is 1.42. The second-order valence-electron chi connectivity index (χ2n) is 2.07. The first-order valence-electron chi connectivity index (χ1n) is 3.46. The molecule has 1 rings (SSSR count). The van der Waals surface area contributed by atoms with E-state index in [9.17, 15) is 0 Å². The van der Waals surface area contributed by atoms with E-state index < -0.39 is 0 Å². The van der Waals surface area contributed by atoms with Crippen LogP contribution >= 0.6 is 0 Å². The van der Waals surface area contributed by atoms with Crippen LogP contribution in [0.4, 0.5) is 0 Å². The second-order valence-corrected chi connectivity index (χ2v) is 2.07. The summed E-state index contributed by atoms with van der Waals surface area (Å²) in [5, 5.41) is 16.9. The van der Waals surface area contributed by atoms with Crippen LogP contribution < -0.4 is 4.74 Å². The maximum absolute atomic E-state index is 8.43. The van der Waals surface area contributed by atoms with Crippen LogP contribution in [0.3, 0.4) is 0 Å². The van der Waals surface area contributed by atoms with Crippen LogP contribution in [0.25, 0.3) is 0 Å². The predicted octanol–water partition coefficient (Wildman–Crippen LogP) is 0.324. The highest BCUT2D eigenvalue weighted by Gasteiger charge is 1.94. The van der Waals surface area contributed by atoms with Crippen molar-refractivity contribution in [2.75, 3.05) is 13.2 Å². The molecule has 0 aromatic carbocycles. The van der Waals surface area contributed by atoms with Crippen molar-refractivity contribution in [2.24, 2.45) is 0 Å². The van der Waals surface area contributed by atoms with Gasteiger partial charge in [-0.15, -0.1) is 0 Å². The fraction of sp³-hybridized carbons (Fsp3) is 0.250. The lowest BCUT2D eigenvalue weighted by atomic mass is 10.3. The Morgan fingerprint density at radius 3 is 2.92 bits per heavy atom. The highest BCUT2D eigenvalue weighted by atomic mass is 16.5. The van der Waals surface area contributed by atoms with Gasteiger partial charge in [0.05, 0.1) is 12.2 Å².